The summed E-state index contributed by atoms with van der Waals surface area (Å²) in [5.74, 6) is 0.524. The normalized spacial score (nSPS) is 31.9. The third-order valence-corrected chi connectivity index (χ3v) is 3.85. The molecule has 0 aromatic rings. The lowest BCUT2D eigenvalue weighted by atomic mass is 9.68. The lowest BCUT2D eigenvalue weighted by Gasteiger charge is -2.36. The van der Waals surface area contributed by atoms with E-state index in [2.05, 4.69) is 19.9 Å². The predicted octanol–water partition coefficient (Wildman–Crippen LogP) is 3.13. The van der Waals surface area contributed by atoms with Gasteiger partial charge in [-0.15, -0.1) is 0 Å². The Hall–Kier alpha value is -0.550. The summed E-state index contributed by atoms with van der Waals surface area (Å²) in [5, 5.41) is 9.21. The van der Waals surface area contributed by atoms with Gasteiger partial charge >= 0.3 is 0 Å². The van der Waals surface area contributed by atoms with E-state index < -0.39 is 0 Å². The molecule has 0 bridgehead atoms. The highest BCUT2D eigenvalue weighted by molar-refractivity contribution is 5.00. The van der Waals surface area contributed by atoms with Gasteiger partial charge in [-0.3, -0.25) is 0 Å². The van der Waals surface area contributed by atoms with Gasteiger partial charge in [-0.25, -0.2) is 0 Å². The molecule has 1 rings (SSSR count). The second-order valence-corrected chi connectivity index (χ2v) is 4.60. The Labute approximate surface area is 87.3 Å². The van der Waals surface area contributed by atoms with Crippen LogP contribution in [0.2, 0.25) is 0 Å². The van der Waals surface area contributed by atoms with Crippen molar-refractivity contribution in [1.82, 2.24) is 0 Å². The lowest BCUT2D eigenvalue weighted by molar-refractivity contribution is 0.0265. The van der Waals surface area contributed by atoms with Crippen LogP contribution in [-0.2, 0) is 4.74 Å². The highest BCUT2D eigenvalue weighted by atomic mass is 16.5. The quantitative estimate of drug-likeness (QED) is 0.693. The molecule has 14 heavy (non-hydrogen) atoms. The van der Waals surface area contributed by atoms with Crippen molar-refractivity contribution in [3.8, 4) is 6.07 Å². The van der Waals surface area contributed by atoms with E-state index in [1.54, 1.807) is 7.11 Å². The van der Waals surface area contributed by atoms with Gasteiger partial charge in [0.15, 0.2) is 0 Å². The van der Waals surface area contributed by atoms with E-state index in [-0.39, 0.29) is 5.41 Å². The largest absolute Gasteiger partial charge is 0.381 e. The topological polar surface area (TPSA) is 33.0 Å². The van der Waals surface area contributed by atoms with Gasteiger partial charge in [-0.1, -0.05) is 13.3 Å². The maximum atomic E-state index is 9.21. The van der Waals surface area contributed by atoms with Crippen molar-refractivity contribution in [2.24, 2.45) is 11.3 Å². The SMILES string of the molecule is CCC(C)(C#N)C1CCCC(OC)C1. The van der Waals surface area contributed by atoms with E-state index in [4.69, 9.17) is 4.74 Å². The molecule has 0 aromatic heterocycles. The molecule has 1 aliphatic carbocycles. The first-order valence-electron chi connectivity index (χ1n) is 5.60. The van der Waals surface area contributed by atoms with Gasteiger partial charge in [0, 0.05) is 7.11 Å². The van der Waals surface area contributed by atoms with E-state index in [0.29, 0.717) is 12.0 Å². The van der Waals surface area contributed by atoms with E-state index >= 15 is 0 Å². The summed E-state index contributed by atoms with van der Waals surface area (Å²) < 4.78 is 5.40. The zero-order chi connectivity index (χ0) is 10.6. The van der Waals surface area contributed by atoms with Crippen LogP contribution in [0, 0.1) is 22.7 Å². The molecule has 1 saturated carbocycles. The van der Waals surface area contributed by atoms with Gasteiger partial charge in [0.25, 0.3) is 0 Å². The van der Waals surface area contributed by atoms with Gasteiger partial charge in [0.1, 0.15) is 0 Å². The van der Waals surface area contributed by atoms with Crippen LogP contribution in [0.15, 0.2) is 0 Å². The average Bonchev–Trinajstić information content (AvgIpc) is 2.28. The van der Waals surface area contributed by atoms with Crippen molar-refractivity contribution in [1.29, 1.82) is 5.26 Å². The monoisotopic (exact) mass is 195 g/mol. The van der Waals surface area contributed by atoms with Crippen molar-refractivity contribution in [2.45, 2.75) is 52.1 Å². The molecule has 0 N–H and O–H groups in total. The number of nitriles is 1. The molecule has 0 saturated heterocycles. The summed E-state index contributed by atoms with van der Waals surface area (Å²) in [6.07, 6.45) is 5.96. The minimum Gasteiger partial charge on any atom is -0.381 e. The third kappa shape index (κ3) is 2.27. The van der Waals surface area contributed by atoms with Crippen LogP contribution in [0.3, 0.4) is 0 Å². The zero-order valence-electron chi connectivity index (χ0n) is 9.55. The lowest BCUT2D eigenvalue weighted by Crippen LogP contribution is -2.32. The molecule has 2 heteroatoms. The van der Waals surface area contributed by atoms with Crippen molar-refractivity contribution in [3.63, 3.8) is 0 Å². The predicted molar refractivity (Wildman–Crippen MR) is 56.8 cm³/mol. The fraction of sp³-hybridized carbons (Fsp3) is 0.917. The number of rotatable bonds is 3. The second-order valence-electron chi connectivity index (χ2n) is 4.60. The van der Waals surface area contributed by atoms with Crippen molar-refractivity contribution >= 4 is 0 Å². The third-order valence-electron chi connectivity index (χ3n) is 3.85. The zero-order valence-corrected chi connectivity index (χ0v) is 9.55. The van der Waals surface area contributed by atoms with Crippen LogP contribution in [0.4, 0.5) is 0 Å². The first-order chi connectivity index (χ1) is 6.66. The van der Waals surface area contributed by atoms with Crippen LogP contribution in [0.25, 0.3) is 0 Å². The van der Waals surface area contributed by atoms with Gasteiger partial charge in [-0.2, -0.15) is 5.26 Å². The Balaban J connectivity index is 2.63. The Bertz CT molecular complexity index is 221. The summed E-state index contributed by atoms with van der Waals surface area (Å²) in [4.78, 5) is 0. The fourth-order valence-corrected chi connectivity index (χ4v) is 2.40. The molecule has 1 fully saturated rings. The van der Waals surface area contributed by atoms with Gasteiger partial charge < -0.3 is 4.74 Å². The molecule has 3 unspecified atom stereocenters. The van der Waals surface area contributed by atoms with Crippen molar-refractivity contribution in [2.75, 3.05) is 7.11 Å². The molecule has 80 valence electrons. The Morgan fingerprint density at radius 1 is 1.50 bits per heavy atom. The standard InChI is InChI=1S/C12H21NO/c1-4-12(2,9-13)10-6-5-7-11(8-10)14-3/h10-11H,4-8H2,1-3H3. The van der Waals surface area contributed by atoms with Gasteiger partial charge in [0.05, 0.1) is 17.6 Å². The molecule has 0 radical (unpaired) electrons. The summed E-state index contributed by atoms with van der Waals surface area (Å²) in [5.41, 5.74) is -0.142. The number of methoxy groups -OCH3 is 1. The molecular formula is C12H21NO. The molecule has 0 heterocycles. The maximum Gasteiger partial charge on any atom is 0.0689 e. The summed E-state index contributed by atoms with van der Waals surface area (Å²) in [6.45, 7) is 4.20. The van der Waals surface area contributed by atoms with Gasteiger partial charge in [-0.05, 0) is 38.5 Å². The van der Waals surface area contributed by atoms with E-state index in [9.17, 15) is 5.26 Å². The number of nitrogens with zero attached hydrogens (tertiary/aromatic N) is 1. The average molecular weight is 195 g/mol. The molecule has 2 nitrogen and oxygen atoms in total. The second kappa shape index (κ2) is 4.79. The van der Waals surface area contributed by atoms with Gasteiger partial charge in [0.2, 0.25) is 0 Å². The summed E-state index contributed by atoms with van der Waals surface area (Å²) in [6, 6.07) is 2.49. The van der Waals surface area contributed by atoms with Crippen LogP contribution in [0.5, 0.6) is 0 Å². The minimum atomic E-state index is -0.142. The van der Waals surface area contributed by atoms with E-state index in [1.165, 1.54) is 12.8 Å². The first-order valence-corrected chi connectivity index (χ1v) is 5.60. The molecule has 3 atom stereocenters. The molecule has 1 aliphatic rings. The molecule has 0 amide bonds. The number of ether oxygens (including phenoxy) is 1. The Morgan fingerprint density at radius 2 is 2.21 bits per heavy atom. The summed E-state index contributed by atoms with van der Waals surface area (Å²) in [7, 11) is 1.78. The molecule has 0 spiro atoms. The molecular weight excluding hydrogens is 174 g/mol. The van der Waals surface area contributed by atoms with E-state index in [1.807, 2.05) is 0 Å². The minimum absolute atomic E-state index is 0.142. The highest BCUT2D eigenvalue weighted by Gasteiger charge is 2.36. The highest BCUT2D eigenvalue weighted by Crippen LogP contribution is 2.40. The Morgan fingerprint density at radius 3 is 2.71 bits per heavy atom. The van der Waals surface area contributed by atoms with Crippen LogP contribution in [0.1, 0.15) is 46.0 Å². The van der Waals surface area contributed by atoms with Crippen molar-refractivity contribution < 1.29 is 4.74 Å². The fourth-order valence-electron chi connectivity index (χ4n) is 2.40. The molecule has 0 aliphatic heterocycles. The Kier molecular flexibility index (Phi) is 3.95. The van der Waals surface area contributed by atoms with Crippen LogP contribution in [-0.4, -0.2) is 13.2 Å². The number of hydrogen-bond donors (Lipinski definition) is 0. The number of hydrogen-bond acceptors (Lipinski definition) is 2. The molecule has 0 aromatic carbocycles. The first kappa shape index (κ1) is 11.5. The van der Waals surface area contributed by atoms with Crippen LogP contribution >= 0.6 is 0 Å². The maximum absolute atomic E-state index is 9.21. The van der Waals surface area contributed by atoms with Crippen LogP contribution < -0.4 is 0 Å². The van der Waals surface area contributed by atoms with E-state index in [0.717, 1.165) is 19.3 Å². The van der Waals surface area contributed by atoms with Crippen molar-refractivity contribution in [3.05, 3.63) is 0 Å². The smallest absolute Gasteiger partial charge is 0.0689 e. The summed E-state index contributed by atoms with van der Waals surface area (Å²) >= 11 is 0.